The molecule has 0 spiro atoms. The van der Waals surface area contributed by atoms with Crippen molar-refractivity contribution in [1.82, 2.24) is 24.1 Å². The number of benzene rings is 18. The molecule has 0 bridgehead atoms. The van der Waals surface area contributed by atoms with E-state index in [0.29, 0.717) is 0 Å². The van der Waals surface area contributed by atoms with Crippen molar-refractivity contribution in [3.8, 4) is 101 Å². The molecule has 7 heteroatoms. The van der Waals surface area contributed by atoms with Crippen LogP contribution in [0.1, 0.15) is 116 Å². The summed E-state index contributed by atoms with van der Waals surface area (Å²) in [5.41, 5.74) is 40.8. The Balaban J connectivity index is 0.000000118. The van der Waals surface area contributed by atoms with Gasteiger partial charge in [0.2, 0.25) is 0 Å². The van der Waals surface area contributed by atoms with Crippen LogP contribution in [0, 0.1) is 0 Å². The van der Waals surface area contributed by atoms with Gasteiger partial charge >= 0.3 is 0 Å². The number of fused-ring (bicyclic) bond motifs is 16. The van der Waals surface area contributed by atoms with Crippen LogP contribution in [-0.4, -0.2) is 24.1 Å². The van der Waals surface area contributed by atoms with Gasteiger partial charge in [-0.1, -0.05) is 386 Å². The van der Waals surface area contributed by atoms with Crippen molar-refractivity contribution < 1.29 is 0 Å². The summed E-state index contributed by atoms with van der Waals surface area (Å²) < 4.78 is 4.80. The van der Waals surface area contributed by atoms with E-state index < -0.39 is 0 Å². The van der Waals surface area contributed by atoms with Gasteiger partial charge in [0, 0.05) is 83.9 Å². The summed E-state index contributed by atoms with van der Waals surface area (Å²) in [6, 6.07) is 162. The van der Waals surface area contributed by atoms with Crippen molar-refractivity contribution in [3.05, 3.63) is 488 Å². The molecule has 3 aliphatic rings. The monoisotopic (exact) mass is 1810 g/mol. The normalized spacial score (nSPS) is 14.5. The Bertz CT molecular complexity index is 8490. The van der Waals surface area contributed by atoms with Gasteiger partial charge in [-0.15, -0.1) is 0 Å². The number of rotatable bonds is 13. The van der Waals surface area contributed by atoms with Gasteiger partial charge in [0.1, 0.15) is 0 Å². The zero-order valence-electron chi connectivity index (χ0n) is 81.4. The van der Waals surface area contributed by atoms with E-state index in [9.17, 15) is 0 Å². The lowest BCUT2D eigenvalue weighted by Gasteiger charge is -2.49. The van der Waals surface area contributed by atoms with E-state index in [4.69, 9.17) is 9.97 Å². The number of aromatic nitrogens is 5. The van der Waals surface area contributed by atoms with Crippen molar-refractivity contribution in [3.63, 3.8) is 0 Å². The van der Waals surface area contributed by atoms with Crippen LogP contribution in [0.4, 0.5) is 34.1 Å². The smallest absolute Gasteiger partial charge is 0.160 e. The first-order valence-corrected chi connectivity index (χ1v) is 49.1. The first-order valence-electron chi connectivity index (χ1n) is 49.1. The molecule has 0 N–H and O–H groups in total. The minimum Gasteiger partial charge on any atom is -0.310 e. The summed E-state index contributed by atoms with van der Waals surface area (Å²) in [4.78, 5) is 19.7. The largest absolute Gasteiger partial charge is 0.310 e. The predicted molar refractivity (Wildman–Crippen MR) is 590 cm³/mol. The molecule has 0 amide bonds. The number of hydrogen-bond donors (Lipinski definition) is 0. The van der Waals surface area contributed by atoms with Crippen molar-refractivity contribution in [1.29, 1.82) is 0 Å². The zero-order valence-corrected chi connectivity index (χ0v) is 81.4. The van der Waals surface area contributed by atoms with E-state index in [-0.39, 0.29) is 32.5 Å². The lowest BCUT2D eigenvalue weighted by molar-refractivity contribution is 0.299. The van der Waals surface area contributed by atoms with Crippen LogP contribution in [0.5, 0.6) is 0 Å². The van der Waals surface area contributed by atoms with Crippen LogP contribution in [0.25, 0.3) is 155 Å². The fourth-order valence-electron chi connectivity index (χ4n) is 22.7. The van der Waals surface area contributed by atoms with Gasteiger partial charge in [-0.25, -0.2) is 9.97 Å². The Morgan fingerprint density at radius 1 is 0.221 bits per heavy atom. The van der Waals surface area contributed by atoms with E-state index in [1.54, 1.807) is 0 Å². The molecule has 0 saturated heterocycles. The van der Waals surface area contributed by atoms with Gasteiger partial charge < -0.3 is 18.9 Å². The molecular weight excluding hydrogens is 1700 g/mol. The lowest BCUT2D eigenvalue weighted by Crippen LogP contribution is -2.43. The van der Waals surface area contributed by atoms with Gasteiger partial charge in [0.25, 0.3) is 0 Å². The second-order valence-electron chi connectivity index (χ2n) is 41.0. The molecule has 18 aromatic carbocycles. The highest BCUT2D eigenvalue weighted by atomic mass is 15.2. The molecule has 22 aromatic rings. The number of hydrogen-bond acceptors (Lipinski definition) is 5. The minimum atomic E-state index is -0.161. The van der Waals surface area contributed by atoms with E-state index in [2.05, 4.69) is 526 Å². The fraction of sp³-hybridized carbons (Fsp3) is 0.135. The first kappa shape index (κ1) is 87.7. The summed E-state index contributed by atoms with van der Waals surface area (Å²) in [5.74, 6) is 0.744. The number of pyridine rings is 1. The summed E-state index contributed by atoms with van der Waals surface area (Å²) in [7, 11) is 0. The molecule has 140 heavy (non-hydrogen) atoms. The molecule has 0 saturated carbocycles. The topological polar surface area (TPSA) is 55.0 Å². The number of anilines is 6. The zero-order chi connectivity index (χ0) is 95.6. The Morgan fingerprint density at radius 3 is 1.12 bits per heavy atom. The minimum absolute atomic E-state index is 0.000989. The van der Waals surface area contributed by atoms with Crippen LogP contribution in [-0.2, 0) is 32.5 Å². The number of para-hydroxylation sites is 6. The summed E-state index contributed by atoms with van der Waals surface area (Å²) in [6.45, 7) is 28.8. The van der Waals surface area contributed by atoms with Gasteiger partial charge in [0.05, 0.1) is 50.3 Å². The molecule has 0 radical (unpaired) electrons. The fourth-order valence-corrected chi connectivity index (χ4v) is 22.7. The Kier molecular flexibility index (Phi) is 21.6. The third-order valence-corrected chi connectivity index (χ3v) is 32.2. The summed E-state index contributed by atoms with van der Waals surface area (Å²) in [5, 5.41) is 6.01. The van der Waals surface area contributed by atoms with E-state index in [0.717, 1.165) is 90.3 Å². The standard InChI is InChI=1S/C48H40N2.C47H39N3.C38H32N2/c1-47(2)40-26-16-25-37(33-18-8-5-9-19-33)45(40)38-31-30-36(32-41(38)48(47,3)4)49(34-20-10-6-11-21-34)43-28-17-29-44-46(43)39-24-14-15-27-42(39)50(44)35-22-12-7-13-23-35;1-46(2)39-30-32(41-21-13-14-29-48-41)25-27-36(39)37-28-26-35(31-40(37)47(46,3)4)49(33-16-7-5-8-17-33)43-23-15-24-44-45(43)38-20-11-12-22-42(38)50(44)34-18-9-6-10-19-34;1-37(2)32-18-12-11-17-29(32)30-21-19-27(23-33(30)38(37,3)4)28-20-22-31-34(24-28)39-36(26-15-9-6-10-16-26)40-35(31)25-13-7-5-8-14-25/h5-32H,1-4H3;5-31H,1-4H3;5-24H,1-4H3. The van der Waals surface area contributed by atoms with E-state index >= 15 is 0 Å². The number of nitrogens with zero attached hydrogens (tertiary/aromatic N) is 7. The van der Waals surface area contributed by atoms with Crippen LogP contribution in [0.2, 0.25) is 0 Å². The Hall–Kier alpha value is -16.4. The molecule has 3 aliphatic carbocycles. The van der Waals surface area contributed by atoms with Crippen LogP contribution in [0.3, 0.4) is 0 Å². The Labute approximate surface area is 821 Å². The van der Waals surface area contributed by atoms with E-state index in [1.807, 2.05) is 36.5 Å². The quantitative estimate of drug-likeness (QED) is 0.115. The van der Waals surface area contributed by atoms with Crippen molar-refractivity contribution in [2.45, 2.75) is 116 Å². The second kappa shape index (κ2) is 34.4. The molecule has 678 valence electrons. The molecule has 4 aromatic heterocycles. The third kappa shape index (κ3) is 14.4. The molecule has 0 aliphatic heterocycles. The van der Waals surface area contributed by atoms with Crippen LogP contribution < -0.4 is 9.80 Å². The molecule has 0 fully saturated rings. The van der Waals surface area contributed by atoms with Gasteiger partial charge in [-0.3, -0.25) is 4.98 Å². The molecule has 7 nitrogen and oxygen atoms in total. The molecule has 0 unspecified atom stereocenters. The maximum Gasteiger partial charge on any atom is 0.160 e. The van der Waals surface area contributed by atoms with Gasteiger partial charge in [-0.2, -0.15) is 0 Å². The Morgan fingerprint density at radius 2 is 0.593 bits per heavy atom. The lowest BCUT2D eigenvalue weighted by atomic mass is 9.55. The highest BCUT2D eigenvalue weighted by Crippen LogP contribution is 2.61. The van der Waals surface area contributed by atoms with Crippen LogP contribution in [0.15, 0.2) is 455 Å². The van der Waals surface area contributed by atoms with Crippen molar-refractivity contribution in [2.24, 2.45) is 0 Å². The second-order valence-corrected chi connectivity index (χ2v) is 41.0. The van der Waals surface area contributed by atoms with E-state index in [1.165, 1.54) is 133 Å². The van der Waals surface area contributed by atoms with Crippen molar-refractivity contribution in [2.75, 3.05) is 9.80 Å². The maximum atomic E-state index is 5.08. The first-order chi connectivity index (χ1) is 68.0. The molecular formula is C133H111N7. The highest BCUT2D eigenvalue weighted by Gasteiger charge is 2.50. The summed E-state index contributed by atoms with van der Waals surface area (Å²) in [6.07, 6.45) is 1.87. The molecule has 0 atom stereocenters. The highest BCUT2D eigenvalue weighted by molar-refractivity contribution is 6.18. The summed E-state index contributed by atoms with van der Waals surface area (Å²) >= 11 is 0. The molecule has 25 rings (SSSR count). The average Bonchev–Trinajstić information content (AvgIpc) is 1.08. The average molecular weight is 1810 g/mol. The SMILES string of the molecule is CC1(C)c2cc(-c3ccccn3)ccc2-c2ccc(N(c3ccccc3)c3cccc4c3c3ccccc3n4-c3ccccc3)cc2C1(C)C.CC1(C)c2cc(N(c3ccccc3)c3cccc4c3c3ccccc3n4-c3ccccc3)ccc2-c2c(-c3ccccc3)cccc2C1(C)C.CC1(C)c2ccccc2-c2ccc(-c3ccc4c(-c5ccccc5)nc(-c5ccccc5)nc4c3)cc2C1(C)C. The van der Waals surface area contributed by atoms with Gasteiger partial charge in [-0.05, 0) is 267 Å². The predicted octanol–water partition coefficient (Wildman–Crippen LogP) is 35.6. The third-order valence-electron chi connectivity index (χ3n) is 32.2. The van der Waals surface area contributed by atoms with Crippen LogP contribution >= 0.6 is 0 Å². The van der Waals surface area contributed by atoms with Gasteiger partial charge in [0.15, 0.2) is 5.82 Å². The molecule has 4 heterocycles. The van der Waals surface area contributed by atoms with Crippen molar-refractivity contribution >= 4 is 88.6 Å². The maximum absolute atomic E-state index is 5.08.